The van der Waals surface area contributed by atoms with E-state index in [1.165, 1.54) is 4.90 Å². The van der Waals surface area contributed by atoms with Crippen molar-refractivity contribution in [1.29, 1.82) is 0 Å². The smallest absolute Gasteiger partial charge is 0.410 e. The minimum absolute atomic E-state index is 0.0705. The van der Waals surface area contributed by atoms with Crippen LogP contribution in [0.15, 0.2) is 30.3 Å². The zero-order valence-electron chi connectivity index (χ0n) is 12.6. The van der Waals surface area contributed by atoms with Gasteiger partial charge in [0.2, 0.25) is 0 Å². The lowest BCUT2D eigenvalue weighted by Gasteiger charge is -2.35. The molecule has 0 spiro atoms. The van der Waals surface area contributed by atoms with Crippen LogP contribution >= 0.6 is 0 Å². The first-order valence-electron chi connectivity index (χ1n) is 7.39. The van der Waals surface area contributed by atoms with Crippen LogP contribution in [0.5, 0.6) is 0 Å². The standard InChI is InChI=1S/C16H19NO6/c18-14(19)9-12-6-7-17(13(8-12)15(20)21)16(22)23-10-11-4-2-1-3-5-11/h1-5,12-13H,6-10H2,(H,18,19)(H,20,21). The number of carbonyl (C=O) groups is 3. The van der Waals surface area contributed by atoms with Crippen molar-refractivity contribution >= 4 is 18.0 Å². The predicted octanol–water partition coefficient (Wildman–Crippen LogP) is 1.96. The number of nitrogens with zero attached hydrogens (tertiary/aromatic N) is 1. The molecule has 1 amide bonds. The average Bonchev–Trinajstić information content (AvgIpc) is 2.53. The third-order valence-corrected chi connectivity index (χ3v) is 3.90. The first-order valence-corrected chi connectivity index (χ1v) is 7.39. The highest BCUT2D eigenvalue weighted by atomic mass is 16.6. The van der Waals surface area contributed by atoms with Gasteiger partial charge in [-0.05, 0) is 24.3 Å². The number of amides is 1. The van der Waals surface area contributed by atoms with Crippen LogP contribution in [0, 0.1) is 5.92 Å². The maximum atomic E-state index is 12.1. The van der Waals surface area contributed by atoms with Gasteiger partial charge in [0.25, 0.3) is 0 Å². The molecule has 7 heteroatoms. The molecule has 7 nitrogen and oxygen atoms in total. The Morgan fingerprint density at radius 2 is 1.87 bits per heavy atom. The van der Waals surface area contributed by atoms with Crippen molar-refractivity contribution in [2.75, 3.05) is 6.54 Å². The summed E-state index contributed by atoms with van der Waals surface area (Å²) in [7, 11) is 0. The Hall–Kier alpha value is -2.57. The summed E-state index contributed by atoms with van der Waals surface area (Å²) in [6.45, 7) is 0.254. The third-order valence-electron chi connectivity index (χ3n) is 3.90. The normalized spacial score (nSPS) is 20.8. The number of hydrogen-bond acceptors (Lipinski definition) is 4. The van der Waals surface area contributed by atoms with Crippen LogP contribution in [0.1, 0.15) is 24.8 Å². The van der Waals surface area contributed by atoms with Gasteiger partial charge in [0, 0.05) is 13.0 Å². The Balaban J connectivity index is 1.95. The third kappa shape index (κ3) is 4.70. The van der Waals surface area contributed by atoms with E-state index in [1.54, 1.807) is 12.1 Å². The monoisotopic (exact) mass is 321 g/mol. The Bertz CT molecular complexity index is 573. The van der Waals surface area contributed by atoms with Crippen molar-refractivity contribution < 1.29 is 29.3 Å². The van der Waals surface area contributed by atoms with Crippen molar-refractivity contribution in [2.24, 2.45) is 5.92 Å². The zero-order valence-corrected chi connectivity index (χ0v) is 12.6. The molecule has 1 aromatic rings. The first-order chi connectivity index (χ1) is 11.0. The fourth-order valence-corrected chi connectivity index (χ4v) is 2.73. The molecule has 0 radical (unpaired) electrons. The Morgan fingerprint density at radius 1 is 1.17 bits per heavy atom. The minimum Gasteiger partial charge on any atom is -0.481 e. The van der Waals surface area contributed by atoms with Crippen molar-refractivity contribution in [3.63, 3.8) is 0 Å². The summed E-state index contributed by atoms with van der Waals surface area (Å²) in [5, 5.41) is 18.1. The Morgan fingerprint density at radius 3 is 2.48 bits per heavy atom. The van der Waals surface area contributed by atoms with Crippen molar-refractivity contribution in [1.82, 2.24) is 4.90 Å². The molecule has 0 aromatic heterocycles. The summed E-state index contributed by atoms with van der Waals surface area (Å²) >= 11 is 0. The van der Waals surface area contributed by atoms with Gasteiger partial charge in [-0.3, -0.25) is 9.69 Å². The molecule has 2 unspecified atom stereocenters. The van der Waals surface area contributed by atoms with Gasteiger partial charge >= 0.3 is 18.0 Å². The lowest BCUT2D eigenvalue weighted by molar-refractivity contribution is -0.146. The molecule has 1 heterocycles. The van der Waals surface area contributed by atoms with Gasteiger partial charge in [-0.1, -0.05) is 30.3 Å². The van der Waals surface area contributed by atoms with E-state index < -0.39 is 24.1 Å². The molecule has 1 fully saturated rings. The van der Waals surface area contributed by atoms with Crippen LogP contribution in [-0.2, 0) is 20.9 Å². The lowest BCUT2D eigenvalue weighted by Crippen LogP contribution is -2.50. The van der Waals surface area contributed by atoms with E-state index in [0.717, 1.165) is 5.56 Å². The zero-order chi connectivity index (χ0) is 16.8. The number of likely N-dealkylation sites (tertiary alicyclic amines) is 1. The number of aliphatic carboxylic acids is 2. The molecule has 1 saturated heterocycles. The van der Waals surface area contributed by atoms with E-state index in [4.69, 9.17) is 9.84 Å². The number of ether oxygens (including phenoxy) is 1. The largest absolute Gasteiger partial charge is 0.481 e. The van der Waals surface area contributed by atoms with Crippen LogP contribution in [0.4, 0.5) is 4.79 Å². The number of carboxylic acids is 2. The molecule has 1 aliphatic heterocycles. The van der Waals surface area contributed by atoms with Gasteiger partial charge < -0.3 is 14.9 Å². The molecule has 1 aliphatic rings. The Kier molecular flexibility index (Phi) is 5.56. The number of carbonyl (C=O) groups excluding carboxylic acids is 1. The molecule has 124 valence electrons. The summed E-state index contributed by atoms with van der Waals surface area (Å²) in [6.07, 6.45) is -0.190. The maximum Gasteiger partial charge on any atom is 0.410 e. The van der Waals surface area contributed by atoms with Crippen molar-refractivity contribution in [3.8, 4) is 0 Å². The number of benzene rings is 1. The van der Waals surface area contributed by atoms with Gasteiger partial charge in [-0.2, -0.15) is 0 Å². The van der Waals surface area contributed by atoms with E-state index in [2.05, 4.69) is 0 Å². The van der Waals surface area contributed by atoms with E-state index in [-0.39, 0.29) is 31.9 Å². The summed E-state index contributed by atoms with van der Waals surface area (Å²) in [4.78, 5) is 35.5. The summed E-state index contributed by atoms with van der Waals surface area (Å²) in [5.41, 5.74) is 0.813. The second-order valence-corrected chi connectivity index (χ2v) is 5.58. The number of carboxylic acid groups (broad SMARTS) is 2. The summed E-state index contributed by atoms with van der Waals surface area (Å²) in [6, 6.07) is 8.05. The number of hydrogen-bond donors (Lipinski definition) is 2. The van der Waals surface area contributed by atoms with Gasteiger partial charge in [0.1, 0.15) is 12.6 Å². The molecule has 0 saturated carbocycles. The van der Waals surface area contributed by atoms with E-state index >= 15 is 0 Å². The second-order valence-electron chi connectivity index (χ2n) is 5.58. The lowest BCUT2D eigenvalue weighted by atomic mass is 9.88. The highest BCUT2D eigenvalue weighted by molar-refractivity contribution is 5.80. The van der Waals surface area contributed by atoms with Crippen molar-refractivity contribution in [2.45, 2.75) is 31.9 Å². The summed E-state index contributed by atoms with van der Waals surface area (Å²) < 4.78 is 5.17. The van der Waals surface area contributed by atoms with Gasteiger partial charge in [0.15, 0.2) is 0 Å². The molecule has 2 atom stereocenters. The Labute approximate surface area is 133 Å². The first kappa shape index (κ1) is 16.8. The van der Waals surface area contributed by atoms with Gasteiger partial charge in [0.05, 0.1) is 0 Å². The molecule has 2 rings (SSSR count). The van der Waals surface area contributed by atoms with Gasteiger partial charge in [-0.25, -0.2) is 9.59 Å². The fraction of sp³-hybridized carbons (Fsp3) is 0.438. The second kappa shape index (κ2) is 7.62. The van der Waals surface area contributed by atoms with Crippen LogP contribution in [-0.4, -0.2) is 45.7 Å². The van der Waals surface area contributed by atoms with Gasteiger partial charge in [-0.15, -0.1) is 0 Å². The van der Waals surface area contributed by atoms with Crippen LogP contribution in [0.2, 0.25) is 0 Å². The number of piperidine rings is 1. The van der Waals surface area contributed by atoms with E-state index in [9.17, 15) is 19.5 Å². The molecule has 0 aliphatic carbocycles. The van der Waals surface area contributed by atoms with Crippen LogP contribution < -0.4 is 0 Å². The van der Waals surface area contributed by atoms with Crippen LogP contribution in [0.3, 0.4) is 0 Å². The minimum atomic E-state index is -1.14. The molecular formula is C16H19NO6. The highest BCUT2D eigenvalue weighted by Crippen LogP contribution is 2.26. The molecule has 2 N–H and O–H groups in total. The van der Waals surface area contributed by atoms with Crippen molar-refractivity contribution in [3.05, 3.63) is 35.9 Å². The molecule has 0 bridgehead atoms. The van der Waals surface area contributed by atoms with Crippen LogP contribution in [0.25, 0.3) is 0 Å². The van der Waals surface area contributed by atoms with E-state index in [0.29, 0.717) is 6.42 Å². The SMILES string of the molecule is O=C(O)CC1CCN(C(=O)OCc2ccccc2)C(C(=O)O)C1. The average molecular weight is 321 g/mol. The quantitative estimate of drug-likeness (QED) is 0.859. The van der Waals surface area contributed by atoms with E-state index in [1.807, 2.05) is 18.2 Å². The molecular weight excluding hydrogens is 302 g/mol. The maximum absolute atomic E-state index is 12.1. The molecule has 1 aromatic carbocycles. The molecule has 23 heavy (non-hydrogen) atoms. The fourth-order valence-electron chi connectivity index (χ4n) is 2.73. The predicted molar refractivity (Wildman–Crippen MR) is 79.7 cm³/mol. The summed E-state index contributed by atoms with van der Waals surface area (Å²) in [5.74, 6) is -2.34. The topological polar surface area (TPSA) is 104 Å². The number of rotatable bonds is 5. The highest BCUT2D eigenvalue weighted by Gasteiger charge is 2.37.